The molecule has 0 radical (unpaired) electrons. The molecule has 0 unspecified atom stereocenters. The van der Waals surface area contributed by atoms with Gasteiger partial charge in [0, 0.05) is 17.7 Å². The summed E-state index contributed by atoms with van der Waals surface area (Å²) < 4.78 is 54.5. The highest BCUT2D eigenvalue weighted by Crippen LogP contribution is 2.29. The molecule has 0 fully saturated rings. The smallest absolute Gasteiger partial charge is 0.279 e. The van der Waals surface area contributed by atoms with Crippen LogP contribution in [0.4, 0.5) is 25.8 Å². The normalized spacial score (nSPS) is 11.5. The van der Waals surface area contributed by atoms with Gasteiger partial charge in [-0.15, -0.1) is 0 Å². The van der Waals surface area contributed by atoms with E-state index >= 15 is 0 Å². The molecule has 8 nitrogen and oxygen atoms in total. The van der Waals surface area contributed by atoms with E-state index in [2.05, 4.69) is 15.2 Å². The zero-order valence-corrected chi connectivity index (χ0v) is 17.8. The number of nitrogens with one attached hydrogen (secondary N) is 2. The Hall–Kier alpha value is -3.86. The van der Waals surface area contributed by atoms with Gasteiger partial charge in [0.2, 0.25) is 0 Å². The van der Waals surface area contributed by atoms with Crippen LogP contribution in [0.1, 0.15) is 16.7 Å². The molecule has 0 aliphatic rings. The van der Waals surface area contributed by atoms with Gasteiger partial charge in [-0.05, 0) is 49.7 Å². The Morgan fingerprint density at radius 2 is 1.72 bits per heavy atom. The highest BCUT2D eigenvalue weighted by Gasteiger charge is 2.22. The minimum absolute atomic E-state index is 0.0431. The van der Waals surface area contributed by atoms with Crippen molar-refractivity contribution in [1.29, 1.82) is 0 Å². The van der Waals surface area contributed by atoms with Gasteiger partial charge < -0.3 is 0 Å². The van der Waals surface area contributed by atoms with Crippen LogP contribution in [0.5, 0.6) is 0 Å². The molecule has 0 amide bonds. The summed E-state index contributed by atoms with van der Waals surface area (Å²) in [5, 5.41) is 15.2. The first kappa shape index (κ1) is 22.8. The van der Waals surface area contributed by atoms with E-state index in [-0.39, 0.29) is 16.1 Å². The topological polar surface area (TPSA) is 114 Å². The molecule has 0 saturated heterocycles. The summed E-state index contributed by atoms with van der Waals surface area (Å²) in [4.78, 5) is 10.4. The predicted molar refractivity (Wildman–Crippen MR) is 117 cm³/mol. The van der Waals surface area contributed by atoms with Crippen molar-refractivity contribution in [2.45, 2.75) is 18.7 Å². The molecule has 11 heteroatoms. The third-order valence-electron chi connectivity index (χ3n) is 4.45. The average molecular weight is 460 g/mol. The summed E-state index contributed by atoms with van der Waals surface area (Å²) in [5.74, 6) is -1.61. The lowest BCUT2D eigenvalue weighted by atomic mass is 10.1. The number of benzene rings is 3. The summed E-state index contributed by atoms with van der Waals surface area (Å²) >= 11 is 0. The highest BCUT2D eigenvalue weighted by atomic mass is 32.2. The van der Waals surface area contributed by atoms with Crippen LogP contribution in [0.2, 0.25) is 0 Å². The number of nitrogens with zero attached hydrogens (tertiary/aromatic N) is 2. The molecular weight excluding hydrogens is 442 g/mol. The molecule has 0 bridgehead atoms. The zero-order chi connectivity index (χ0) is 23.5. The zero-order valence-electron chi connectivity index (χ0n) is 17.0. The first-order valence-corrected chi connectivity index (χ1v) is 10.7. The van der Waals surface area contributed by atoms with Gasteiger partial charge in [0.05, 0.1) is 21.7 Å². The fourth-order valence-corrected chi connectivity index (χ4v) is 3.98. The third kappa shape index (κ3) is 5.24. The Labute approximate surface area is 182 Å². The maximum absolute atomic E-state index is 13.7. The number of halogens is 2. The number of anilines is 2. The van der Waals surface area contributed by atoms with Crippen LogP contribution in [0.3, 0.4) is 0 Å². The number of nitro benzene ring substituents is 1. The van der Waals surface area contributed by atoms with E-state index in [4.69, 9.17) is 0 Å². The fourth-order valence-electron chi connectivity index (χ4n) is 2.83. The van der Waals surface area contributed by atoms with E-state index in [1.165, 1.54) is 12.1 Å². The Kier molecular flexibility index (Phi) is 6.49. The van der Waals surface area contributed by atoms with Gasteiger partial charge >= 0.3 is 0 Å². The summed E-state index contributed by atoms with van der Waals surface area (Å²) in [5.41, 5.74) is 3.68. The Morgan fingerprint density at radius 3 is 2.38 bits per heavy atom. The lowest BCUT2D eigenvalue weighted by molar-refractivity contribution is -0.384. The van der Waals surface area contributed by atoms with Crippen LogP contribution in [0, 0.1) is 35.6 Å². The number of rotatable bonds is 7. The van der Waals surface area contributed by atoms with Crippen molar-refractivity contribution in [3.05, 3.63) is 93.0 Å². The highest BCUT2D eigenvalue weighted by molar-refractivity contribution is 7.92. The second-order valence-electron chi connectivity index (χ2n) is 6.90. The molecule has 0 aliphatic heterocycles. The summed E-state index contributed by atoms with van der Waals surface area (Å²) in [6.07, 6.45) is 1.02. The van der Waals surface area contributed by atoms with Gasteiger partial charge in [0.25, 0.3) is 15.7 Å². The first-order chi connectivity index (χ1) is 15.1. The lowest BCUT2D eigenvalue weighted by Crippen LogP contribution is -2.14. The molecule has 32 heavy (non-hydrogen) atoms. The number of hydrogen-bond acceptors (Lipinski definition) is 6. The van der Waals surface area contributed by atoms with E-state index in [1.54, 1.807) is 25.1 Å². The Balaban J connectivity index is 1.86. The number of hydrogen-bond donors (Lipinski definition) is 2. The monoisotopic (exact) mass is 460 g/mol. The van der Waals surface area contributed by atoms with Crippen molar-refractivity contribution in [2.24, 2.45) is 5.10 Å². The van der Waals surface area contributed by atoms with Crippen LogP contribution in [-0.2, 0) is 10.0 Å². The number of hydrazone groups is 1. The molecule has 0 aromatic heterocycles. The van der Waals surface area contributed by atoms with Crippen LogP contribution in [-0.4, -0.2) is 19.6 Å². The molecule has 0 atom stereocenters. The summed E-state index contributed by atoms with van der Waals surface area (Å²) in [7, 11) is -4.10. The minimum atomic E-state index is -4.10. The van der Waals surface area contributed by atoms with E-state index in [1.807, 2.05) is 6.92 Å². The molecule has 3 aromatic carbocycles. The van der Waals surface area contributed by atoms with E-state index in [9.17, 15) is 27.3 Å². The van der Waals surface area contributed by atoms with Gasteiger partial charge in [0.1, 0.15) is 17.3 Å². The second kappa shape index (κ2) is 9.10. The average Bonchev–Trinajstić information content (AvgIpc) is 2.71. The molecule has 3 rings (SSSR count). The molecule has 0 spiro atoms. The summed E-state index contributed by atoms with van der Waals surface area (Å²) in [6.45, 7) is 3.61. The van der Waals surface area contributed by atoms with E-state index < -0.39 is 32.3 Å². The quantitative estimate of drug-likeness (QED) is 0.300. The Morgan fingerprint density at radius 1 is 1.00 bits per heavy atom. The van der Waals surface area contributed by atoms with Gasteiger partial charge in [-0.2, -0.15) is 5.10 Å². The largest absolute Gasteiger partial charge is 0.295 e. The molecule has 2 N–H and O–H groups in total. The van der Waals surface area contributed by atoms with Crippen molar-refractivity contribution >= 4 is 33.3 Å². The van der Waals surface area contributed by atoms with Gasteiger partial charge in [-0.25, -0.2) is 17.2 Å². The van der Waals surface area contributed by atoms with E-state index in [0.29, 0.717) is 17.3 Å². The number of aryl methyl sites for hydroxylation is 2. The van der Waals surface area contributed by atoms with Crippen molar-refractivity contribution in [1.82, 2.24) is 0 Å². The number of nitro groups is 1. The standard InChI is InChI=1S/C21H18F2N4O4S/c1-13-3-7-19(14(2)9-13)26-32(30,31)17-6-8-20(21(11-17)27(28)29)25-24-12-15-4-5-16(22)10-18(15)23/h3-12,25-26H,1-2H3. The van der Waals surface area contributed by atoms with Gasteiger partial charge in [-0.3, -0.25) is 20.3 Å². The third-order valence-corrected chi connectivity index (χ3v) is 5.82. The maximum Gasteiger partial charge on any atom is 0.295 e. The second-order valence-corrected chi connectivity index (χ2v) is 8.58. The minimum Gasteiger partial charge on any atom is -0.279 e. The Bertz CT molecular complexity index is 1330. The van der Waals surface area contributed by atoms with Gasteiger partial charge in [-0.1, -0.05) is 17.7 Å². The van der Waals surface area contributed by atoms with Crippen molar-refractivity contribution in [3.8, 4) is 0 Å². The van der Waals surface area contributed by atoms with Gasteiger partial charge in [0.15, 0.2) is 0 Å². The van der Waals surface area contributed by atoms with Crippen molar-refractivity contribution in [3.63, 3.8) is 0 Å². The molecule has 0 aliphatic carbocycles. The maximum atomic E-state index is 13.7. The van der Waals surface area contributed by atoms with Crippen LogP contribution in [0.15, 0.2) is 64.6 Å². The predicted octanol–water partition coefficient (Wildman–Crippen LogP) is 4.74. The van der Waals surface area contributed by atoms with Crippen molar-refractivity contribution < 1.29 is 22.1 Å². The lowest BCUT2D eigenvalue weighted by Gasteiger charge is -2.12. The first-order valence-electron chi connectivity index (χ1n) is 9.19. The van der Waals surface area contributed by atoms with Crippen LogP contribution >= 0.6 is 0 Å². The molecule has 3 aromatic rings. The number of sulfonamides is 1. The van der Waals surface area contributed by atoms with Crippen LogP contribution in [0.25, 0.3) is 0 Å². The molecule has 166 valence electrons. The van der Waals surface area contributed by atoms with Crippen molar-refractivity contribution in [2.75, 3.05) is 10.1 Å². The summed E-state index contributed by atoms with van der Waals surface area (Å²) in [6, 6.07) is 11.2. The van der Waals surface area contributed by atoms with Crippen LogP contribution < -0.4 is 10.1 Å². The molecular formula is C21H18F2N4O4S. The van der Waals surface area contributed by atoms with E-state index in [0.717, 1.165) is 30.0 Å². The molecule has 0 saturated carbocycles. The fraction of sp³-hybridized carbons (Fsp3) is 0.0952. The molecule has 0 heterocycles. The SMILES string of the molecule is Cc1ccc(NS(=O)(=O)c2ccc(NN=Cc3ccc(F)cc3F)c([N+](=O)[O-])c2)c(C)c1.